The zero-order valence-electron chi connectivity index (χ0n) is 6.40. The third kappa shape index (κ3) is 1.55. The molecule has 1 nitrogen and oxygen atoms in total. The molecule has 0 saturated carbocycles. The summed E-state index contributed by atoms with van der Waals surface area (Å²) in [4.78, 5) is 0. The maximum atomic E-state index is 5.10. The van der Waals surface area contributed by atoms with Crippen molar-refractivity contribution >= 4 is 0 Å². The summed E-state index contributed by atoms with van der Waals surface area (Å²) in [5.74, 6) is 0. The van der Waals surface area contributed by atoms with E-state index in [4.69, 9.17) is 4.74 Å². The van der Waals surface area contributed by atoms with Crippen LogP contribution in [0, 0.1) is 5.41 Å². The first-order valence-corrected chi connectivity index (χ1v) is 3.32. The summed E-state index contributed by atoms with van der Waals surface area (Å²) in [6, 6.07) is 0. The number of hydrogen-bond acceptors (Lipinski definition) is 1. The van der Waals surface area contributed by atoms with Crippen molar-refractivity contribution in [2.45, 2.75) is 26.9 Å². The van der Waals surface area contributed by atoms with Gasteiger partial charge in [0, 0.05) is 0 Å². The summed E-state index contributed by atoms with van der Waals surface area (Å²) >= 11 is 0. The van der Waals surface area contributed by atoms with Crippen molar-refractivity contribution in [3.8, 4) is 0 Å². The van der Waals surface area contributed by atoms with E-state index in [1.54, 1.807) is 0 Å². The normalized spacial score (nSPS) is 25.9. The molecule has 0 spiro atoms. The van der Waals surface area contributed by atoms with Crippen LogP contribution in [-0.4, -0.2) is 12.7 Å². The number of rotatable bonds is 1. The van der Waals surface area contributed by atoms with Gasteiger partial charge < -0.3 is 4.74 Å². The van der Waals surface area contributed by atoms with E-state index in [0.717, 1.165) is 6.61 Å². The minimum Gasteiger partial charge on any atom is -0.368 e. The van der Waals surface area contributed by atoms with Gasteiger partial charge in [-0.3, -0.25) is 0 Å². The second kappa shape index (κ2) is 1.84. The van der Waals surface area contributed by atoms with Crippen LogP contribution in [0.2, 0.25) is 0 Å². The minimum absolute atomic E-state index is 0.223. The van der Waals surface area contributed by atoms with Crippen molar-refractivity contribution in [1.29, 1.82) is 0 Å². The van der Waals surface area contributed by atoms with E-state index in [1.165, 1.54) is 5.57 Å². The van der Waals surface area contributed by atoms with Gasteiger partial charge in [-0.05, 0) is 11.0 Å². The molecule has 1 aliphatic heterocycles. The van der Waals surface area contributed by atoms with Crippen LogP contribution < -0.4 is 0 Å². The van der Waals surface area contributed by atoms with Crippen molar-refractivity contribution in [1.82, 2.24) is 0 Å². The Hall–Kier alpha value is -0.300. The largest absolute Gasteiger partial charge is 0.368 e. The first kappa shape index (κ1) is 6.81. The van der Waals surface area contributed by atoms with Gasteiger partial charge in [-0.25, -0.2) is 0 Å². The number of ether oxygens (including phenoxy) is 1. The molecule has 0 aromatic rings. The van der Waals surface area contributed by atoms with Crippen LogP contribution in [0.25, 0.3) is 0 Å². The maximum Gasteiger partial charge on any atom is 0.102 e. The molecule has 1 heteroatoms. The predicted molar refractivity (Wildman–Crippen MR) is 38.3 cm³/mol. The molecule has 0 amide bonds. The van der Waals surface area contributed by atoms with Gasteiger partial charge in [0.05, 0.1) is 6.61 Å². The lowest BCUT2D eigenvalue weighted by Gasteiger charge is -2.19. The van der Waals surface area contributed by atoms with E-state index in [2.05, 4.69) is 27.4 Å². The molecule has 0 aromatic carbocycles. The highest BCUT2D eigenvalue weighted by atomic mass is 16.6. The Morgan fingerprint density at radius 1 is 1.56 bits per heavy atom. The van der Waals surface area contributed by atoms with Gasteiger partial charge in [-0.1, -0.05) is 27.4 Å². The molecule has 0 aliphatic carbocycles. The highest BCUT2D eigenvalue weighted by molar-refractivity contribution is 5.15. The van der Waals surface area contributed by atoms with E-state index in [0.29, 0.717) is 6.10 Å². The SMILES string of the molecule is C=C(C1CO1)C(C)(C)C. The van der Waals surface area contributed by atoms with Crippen LogP contribution >= 0.6 is 0 Å². The fourth-order valence-electron chi connectivity index (χ4n) is 0.732. The van der Waals surface area contributed by atoms with Crippen molar-refractivity contribution < 1.29 is 4.74 Å². The van der Waals surface area contributed by atoms with Crippen molar-refractivity contribution in [3.63, 3.8) is 0 Å². The molecular weight excluding hydrogens is 112 g/mol. The van der Waals surface area contributed by atoms with Crippen molar-refractivity contribution in [2.24, 2.45) is 5.41 Å². The first-order valence-electron chi connectivity index (χ1n) is 3.32. The molecule has 1 atom stereocenters. The molecule has 0 radical (unpaired) electrons. The Morgan fingerprint density at radius 2 is 2.00 bits per heavy atom. The van der Waals surface area contributed by atoms with Crippen LogP contribution in [0.3, 0.4) is 0 Å². The minimum atomic E-state index is 0.223. The molecule has 1 heterocycles. The summed E-state index contributed by atoms with van der Waals surface area (Å²) in [6.45, 7) is 11.3. The molecule has 1 rings (SSSR count). The maximum absolute atomic E-state index is 5.10. The fraction of sp³-hybridized carbons (Fsp3) is 0.750. The number of hydrogen-bond donors (Lipinski definition) is 0. The molecule has 0 bridgehead atoms. The molecule has 1 fully saturated rings. The second-order valence-electron chi connectivity index (χ2n) is 3.60. The van der Waals surface area contributed by atoms with Crippen molar-refractivity contribution in [3.05, 3.63) is 12.2 Å². The third-order valence-electron chi connectivity index (χ3n) is 1.69. The third-order valence-corrected chi connectivity index (χ3v) is 1.69. The zero-order valence-corrected chi connectivity index (χ0v) is 6.40. The topological polar surface area (TPSA) is 12.5 Å². The summed E-state index contributed by atoms with van der Waals surface area (Å²) in [5, 5.41) is 0. The molecule has 1 aliphatic rings. The average molecular weight is 126 g/mol. The van der Waals surface area contributed by atoms with E-state index < -0.39 is 0 Å². The Kier molecular flexibility index (Phi) is 1.39. The Bertz CT molecular complexity index is 126. The molecule has 52 valence electrons. The lowest BCUT2D eigenvalue weighted by molar-refractivity contribution is 0.386. The van der Waals surface area contributed by atoms with Crippen molar-refractivity contribution in [2.75, 3.05) is 6.61 Å². The quantitative estimate of drug-likeness (QED) is 0.386. The molecule has 0 N–H and O–H groups in total. The lowest BCUT2D eigenvalue weighted by atomic mass is 9.86. The smallest absolute Gasteiger partial charge is 0.102 e. The molecule has 1 unspecified atom stereocenters. The summed E-state index contributed by atoms with van der Waals surface area (Å²) in [6.07, 6.45) is 0.366. The van der Waals surface area contributed by atoms with Gasteiger partial charge in [0.15, 0.2) is 0 Å². The van der Waals surface area contributed by atoms with Gasteiger partial charge in [-0.2, -0.15) is 0 Å². The monoisotopic (exact) mass is 126 g/mol. The second-order valence-corrected chi connectivity index (χ2v) is 3.60. The van der Waals surface area contributed by atoms with Gasteiger partial charge in [0.25, 0.3) is 0 Å². The van der Waals surface area contributed by atoms with Crippen LogP contribution in [0.1, 0.15) is 20.8 Å². The predicted octanol–water partition coefficient (Wildman–Crippen LogP) is 1.99. The van der Waals surface area contributed by atoms with Gasteiger partial charge >= 0.3 is 0 Å². The number of epoxide rings is 1. The Labute approximate surface area is 56.7 Å². The molecule has 0 aromatic heterocycles. The highest BCUT2D eigenvalue weighted by Gasteiger charge is 2.32. The van der Waals surface area contributed by atoms with Gasteiger partial charge in [-0.15, -0.1) is 0 Å². The van der Waals surface area contributed by atoms with E-state index >= 15 is 0 Å². The lowest BCUT2D eigenvalue weighted by Crippen LogP contribution is -2.12. The standard InChI is InChI=1S/C8H14O/c1-6(7-5-9-7)8(2,3)4/h7H,1,5H2,2-4H3. The van der Waals surface area contributed by atoms with Gasteiger partial charge in [0.2, 0.25) is 0 Å². The molecular formula is C8H14O. The first-order chi connectivity index (χ1) is 4.02. The van der Waals surface area contributed by atoms with Crippen LogP contribution in [0.4, 0.5) is 0 Å². The fourth-order valence-corrected chi connectivity index (χ4v) is 0.732. The molecule has 9 heavy (non-hydrogen) atoms. The van der Waals surface area contributed by atoms with E-state index in [9.17, 15) is 0 Å². The molecule has 1 saturated heterocycles. The van der Waals surface area contributed by atoms with E-state index in [1.807, 2.05) is 0 Å². The highest BCUT2D eigenvalue weighted by Crippen LogP contribution is 2.32. The van der Waals surface area contributed by atoms with Crippen LogP contribution in [0.15, 0.2) is 12.2 Å². The van der Waals surface area contributed by atoms with Crippen LogP contribution in [0.5, 0.6) is 0 Å². The Balaban J connectivity index is 2.50. The average Bonchev–Trinajstić information content (AvgIpc) is 2.40. The van der Waals surface area contributed by atoms with Gasteiger partial charge in [0.1, 0.15) is 6.10 Å². The summed E-state index contributed by atoms with van der Waals surface area (Å²) < 4.78 is 5.10. The zero-order chi connectivity index (χ0) is 7.07. The van der Waals surface area contributed by atoms with E-state index in [-0.39, 0.29) is 5.41 Å². The summed E-state index contributed by atoms with van der Waals surface area (Å²) in [5.41, 5.74) is 1.45. The summed E-state index contributed by atoms with van der Waals surface area (Å²) in [7, 11) is 0. The van der Waals surface area contributed by atoms with Crippen LogP contribution in [-0.2, 0) is 4.74 Å². The Morgan fingerprint density at radius 3 is 2.11 bits per heavy atom.